The van der Waals surface area contributed by atoms with Crippen molar-refractivity contribution in [3.8, 4) is 11.8 Å². The zero-order valence-electron chi connectivity index (χ0n) is 10.1. The standard InChI is InChI=1S/C13H16N2O2/c1-10-3-4-13(16-2)12(7-10)15-5-6-17-9-11(15)8-14/h3-4,7,11H,5-6,9H2,1-2H3. The summed E-state index contributed by atoms with van der Waals surface area (Å²) >= 11 is 0. The molecule has 1 fully saturated rings. The van der Waals surface area contributed by atoms with Crippen LogP contribution in [-0.4, -0.2) is 32.9 Å². The van der Waals surface area contributed by atoms with Crippen molar-refractivity contribution >= 4 is 5.69 Å². The van der Waals surface area contributed by atoms with Gasteiger partial charge in [0.15, 0.2) is 0 Å². The highest BCUT2D eigenvalue weighted by Gasteiger charge is 2.25. The van der Waals surface area contributed by atoms with E-state index in [1.54, 1.807) is 7.11 Å². The van der Waals surface area contributed by atoms with Crippen molar-refractivity contribution in [2.45, 2.75) is 13.0 Å². The summed E-state index contributed by atoms with van der Waals surface area (Å²) in [6, 6.07) is 8.03. The maximum absolute atomic E-state index is 9.14. The van der Waals surface area contributed by atoms with Gasteiger partial charge in [-0.05, 0) is 24.6 Å². The van der Waals surface area contributed by atoms with E-state index >= 15 is 0 Å². The Hall–Kier alpha value is -1.73. The third kappa shape index (κ3) is 2.34. The fourth-order valence-corrected chi connectivity index (χ4v) is 2.02. The molecule has 0 radical (unpaired) electrons. The molecule has 1 aromatic rings. The molecular formula is C13H16N2O2. The van der Waals surface area contributed by atoms with Gasteiger partial charge in [0.2, 0.25) is 0 Å². The zero-order valence-corrected chi connectivity index (χ0v) is 10.1. The molecule has 0 amide bonds. The van der Waals surface area contributed by atoms with Gasteiger partial charge in [0.25, 0.3) is 0 Å². The number of nitriles is 1. The molecule has 1 aliphatic rings. The van der Waals surface area contributed by atoms with Crippen molar-refractivity contribution in [2.75, 3.05) is 31.8 Å². The van der Waals surface area contributed by atoms with Gasteiger partial charge in [-0.3, -0.25) is 0 Å². The largest absolute Gasteiger partial charge is 0.495 e. The van der Waals surface area contributed by atoms with E-state index in [-0.39, 0.29) is 6.04 Å². The Bertz CT molecular complexity index is 440. The minimum absolute atomic E-state index is 0.237. The van der Waals surface area contributed by atoms with E-state index in [1.807, 2.05) is 19.1 Å². The van der Waals surface area contributed by atoms with Crippen molar-refractivity contribution in [1.82, 2.24) is 0 Å². The highest BCUT2D eigenvalue weighted by Crippen LogP contribution is 2.31. The Balaban J connectivity index is 2.37. The van der Waals surface area contributed by atoms with E-state index in [1.165, 1.54) is 0 Å². The molecule has 0 aromatic heterocycles. The van der Waals surface area contributed by atoms with Crippen LogP contribution in [0.1, 0.15) is 5.56 Å². The molecule has 1 saturated heterocycles. The summed E-state index contributed by atoms with van der Waals surface area (Å²) in [7, 11) is 1.65. The van der Waals surface area contributed by atoms with Gasteiger partial charge in [-0.1, -0.05) is 6.07 Å². The topological polar surface area (TPSA) is 45.5 Å². The van der Waals surface area contributed by atoms with E-state index in [0.29, 0.717) is 13.2 Å². The number of rotatable bonds is 2. The molecule has 4 heteroatoms. The maximum Gasteiger partial charge on any atom is 0.142 e. The number of nitrogens with zero attached hydrogens (tertiary/aromatic N) is 2. The second kappa shape index (κ2) is 5.07. The first-order chi connectivity index (χ1) is 8.26. The molecule has 2 rings (SSSR count). The average Bonchev–Trinajstić information content (AvgIpc) is 2.38. The van der Waals surface area contributed by atoms with Crippen LogP contribution in [0.15, 0.2) is 18.2 Å². The van der Waals surface area contributed by atoms with E-state index in [9.17, 15) is 0 Å². The van der Waals surface area contributed by atoms with Crippen LogP contribution in [0, 0.1) is 18.3 Å². The lowest BCUT2D eigenvalue weighted by Gasteiger charge is -2.34. The lowest BCUT2D eigenvalue weighted by Crippen LogP contribution is -2.44. The van der Waals surface area contributed by atoms with Crippen LogP contribution in [0.5, 0.6) is 5.75 Å². The van der Waals surface area contributed by atoms with Gasteiger partial charge in [-0.15, -0.1) is 0 Å². The lowest BCUT2D eigenvalue weighted by molar-refractivity contribution is 0.107. The predicted molar refractivity (Wildman–Crippen MR) is 65.3 cm³/mol. The molecular weight excluding hydrogens is 216 g/mol. The number of morpholine rings is 1. The molecule has 1 unspecified atom stereocenters. The Kier molecular flexibility index (Phi) is 3.50. The second-order valence-electron chi connectivity index (χ2n) is 4.09. The summed E-state index contributed by atoms with van der Waals surface area (Å²) in [5, 5.41) is 9.14. The Morgan fingerprint density at radius 1 is 1.53 bits per heavy atom. The van der Waals surface area contributed by atoms with Crippen molar-refractivity contribution in [1.29, 1.82) is 5.26 Å². The summed E-state index contributed by atoms with van der Waals surface area (Å²) in [4.78, 5) is 2.05. The van der Waals surface area contributed by atoms with E-state index < -0.39 is 0 Å². The first-order valence-corrected chi connectivity index (χ1v) is 5.65. The number of benzene rings is 1. The molecule has 0 bridgehead atoms. The summed E-state index contributed by atoms with van der Waals surface area (Å²) in [6.07, 6.45) is 0. The molecule has 1 aromatic carbocycles. The van der Waals surface area contributed by atoms with Crippen LogP contribution in [-0.2, 0) is 4.74 Å². The number of hydrogen-bond acceptors (Lipinski definition) is 4. The smallest absolute Gasteiger partial charge is 0.142 e. The van der Waals surface area contributed by atoms with Gasteiger partial charge in [-0.2, -0.15) is 5.26 Å². The number of anilines is 1. The summed E-state index contributed by atoms with van der Waals surface area (Å²) < 4.78 is 10.7. The number of ether oxygens (including phenoxy) is 2. The minimum atomic E-state index is -0.237. The molecule has 1 aliphatic heterocycles. The summed E-state index contributed by atoms with van der Waals surface area (Å²) in [6.45, 7) is 3.85. The van der Waals surface area contributed by atoms with E-state index in [0.717, 1.165) is 23.5 Å². The van der Waals surface area contributed by atoms with Crippen LogP contribution in [0.4, 0.5) is 5.69 Å². The molecule has 0 saturated carbocycles. The fraction of sp³-hybridized carbons (Fsp3) is 0.462. The molecule has 90 valence electrons. The Morgan fingerprint density at radius 3 is 3.06 bits per heavy atom. The number of aryl methyl sites for hydroxylation is 1. The van der Waals surface area contributed by atoms with Crippen molar-refractivity contribution in [2.24, 2.45) is 0 Å². The van der Waals surface area contributed by atoms with Crippen LogP contribution in [0.25, 0.3) is 0 Å². The first-order valence-electron chi connectivity index (χ1n) is 5.65. The van der Waals surface area contributed by atoms with Crippen LogP contribution < -0.4 is 9.64 Å². The second-order valence-corrected chi connectivity index (χ2v) is 4.09. The molecule has 0 spiro atoms. The fourth-order valence-electron chi connectivity index (χ4n) is 2.02. The van der Waals surface area contributed by atoms with Gasteiger partial charge in [0, 0.05) is 6.54 Å². The molecule has 17 heavy (non-hydrogen) atoms. The lowest BCUT2D eigenvalue weighted by atomic mass is 10.1. The van der Waals surface area contributed by atoms with E-state index in [4.69, 9.17) is 14.7 Å². The third-order valence-electron chi connectivity index (χ3n) is 2.92. The highest BCUT2D eigenvalue weighted by atomic mass is 16.5. The molecule has 1 atom stereocenters. The molecule has 0 N–H and O–H groups in total. The van der Waals surface area contributed by atoms with Crippen molar-refractivity contribution in [3.63, 3.8) is 0 Å². The van der Waals surface area contributed by atoms with Crippen molar-refractivity contribution in [3.05, 3.63) is 23.8 Å². The number of methoxy groups -OCH3 is 1. The Labute approximate surface area is 101 Å². The van der Waals surface area contributed by atoms with Crippen LogP contribution in [0.2, 0.25) is 0 Å². The van der Waals surface area contributed by atoms with Gasteiger partial charge in [-0.25, -0.2) is 0 Å². The third-order valence-corrected chi connectivity index (χ3v) is 2.92. The van der Waals surface area contributed by atoms with Gasteiger partial charge in [0.05, 0.1) is 32.1 Å². The zero-order chi connectivity index (χ0) is 12.3. The maximum atomic E-state index is 9.14. The number of hydrogen-bond donors (Lipinski definition) is 0. The predicted octanol–water partition coefficient (Wildman–Crippen LogP) is 1.73. The Morgan fingerprint density at radius 2 is 2.35 bits per heavy atom. The molecule has 4 nitrogen and oxygen atoms in total. The summed E-state index contributed by atoms with van der Waals surface area (Å²) in [5.41, 5.74) is 2.13. The van der Waals surface area contributed by atoms with E-state index in [2.05, 4.69) is 17.0 Å². The molecule has 1 heterocycles. The first kappa shape index (κ1) is 11.7. The van der Waals surface area contributed by atoms with Gasteiger partial charge in [0.1, 0.15) is 11.8 Å². The summed E-state index contributed by atoms with van der Waals surface area (Å²) in [5.74, 6) is 0.803. The average molecular weight is 232 g/mol. The SMILES string of the molecule is COc1ccc(C)cc1N1CCOCC1C#N. The van der Waals surface area contributed by atoms with Gasteiger partial charge < -0.3 is 14.4 Å². The highest BCUT2D eigenvalue weighted by molar-refractivity contribution is 5.61. The van der Waals surface area contributed by atoms with Crippen molar-refractivity contribution < 1.29 is 9.47 Å². The van der Waals surface area contributed by atoms with Crippen LogP contribution in [0.3, 0.4) is 0 Å². The monoisotopic (exact) mass is 232 g/mol. The normalized spacial score (nSPS) is 19.8. The van der Waals surface area contributed by atoms with Crippen LogP contribution >= 0.6 is 0 Å². The van der Waals surface area contributed by atoms with Gasteiger partial charge >= 0.3 is 0 Å². The quantitative estimate of drug-likeness (QED) is 0.779. The molecule has 0 aliphatic carbocycles. The minimum Gasteiger partial charge on any atom is -0.495 e.